The zero-order chi connectivity index (χ0) is 25.5. The molecule has 2 fully saturated rings. The van der Waals surface area contributed by atoms with Crippen LogP contribution in [0.4, 0.5) is 21.9 Å². The van der Waals surface area contributed by atoms with Gasteiger partial charge in [0, 0.05) is 43.1 Å². The third kappa shape index (κ3) is 4.25. The molecular weight excluding hydrogens is 488 g/mol. The number of rotatable bonds is 5. The van der Waals surface area contributed by atoms with Gasteiger partial charge in [0.05, 0.1) is 22.4 Å². The van der Waals surface area contributed by atoms with Gasteiger partial charge in [-0.15, -0.1) is 11.3 Å². The standard InChI is InChI=1S/C27H28N6O3S/c1-2-21(34)32-13-5-8-17(15-32)30-25(35)24-23-22-20(10-12-29-26(22)37-24)33(27(36)31-23)18-9-11-28-19(14-18)16-6-3-4-7-16/h2,9-12,14,16-17H,1,3-8,13,15H2,(H,30,35)(H,31,36)/t17-/m1/s1. The average Bonchev–Trinajstić information content (AvgIpc) is 3.58. The minimum atomic E-state index is -0.323. The van der Waals surface area contributed by atoms with Crippen LogP contribution in [0.15, 0.2) is 43.2 Å². The summed E-state index contributed by atoms with van der Waals surface area (Å²) in [5.41, 5.74) is 2.95. The zero-order valence-electron chi connectivity index (χ0n) is 20.4. The van der Waals surface area contributed by atoms with E-state index in [4.69, 9.17) is 0 Å². The summed E-state index contributed by atoms with van der Waals surface area (Å²) in [4.78, 5) is 52.4. The van der Waals surface area contributed by atoms with E-state index in [1.807, 2.05) is 18.2 Å². The van der Waals surface area contributed by atoms with Gasteiger partial charge in [0.25, 0.3) is 5.91 Å². The lowest BCUT2D eigenvalue weighted by Gasteiger charge is -2.32. The van der Waals surface area contributed by atoms with E-state index >= 15 is 0 Å². The third-order valence-electron chi connectivity index (χ3n) is 7.49. The predicted octanol–water partition coefficient (Wildman–Crippen LogP) is 4.94. The Balaban J connectivity index is 1.31. The molecule has 3 aromatic heterocycles. The first kappa shape index (κ1) is 23.6. The number of aromatic nitrogens is 2. The number of pyridine rings is 2. The second-order valence-corrected chi connectivity index (χ2v) is 10.8. The van der Waals surface area contributed by atoms with Gasteiger partial charge in [-0.3, -0.25) is 19.5 Å². The molecular formula is C27H28N6O3S. The first-order chi connectivity index (χ1) is 18.0. The van der Waals surface area contributed by atoms with Crippen molar-refractivity contribution in [3.63, 3.8) is 0 Å². The van der Waals surface area contributed by atoms with Crippen molar-refractivity contribution in [2.24, 2.45) is 0 Å². The van der Waals surface area contributed by atoms with Gasteiger partial charge in [-0.1, -0.05) is 19.4 Å². The number of carbonyl (C=O) groups excluding carboxylic acids is 3. The number of amides is 4. The normalized spacial score (nSPS) is 19.7. The van der Waals surface area contributed by atoms with E-state index in [9.17, 15) is 14.4 Å². The van der Waals surface area contributed by atoms with E-state index in [2.05, 4.69) is 27.2 Å². The van der Waals surface area contributed by atoms with E-state index in [1.54, 1.807) is 22.2 Å². The minimum absolute atomic E-state index is 0.135. The highest BCUT2D eigenvalue weighted by atomic mass is 32.1. The summed E-state index contributed by atoms with van der Waals surface area (Å²) in [7, 11) is 0. The van der Waals surface area contributed by atoms with Crippen LogP contribution in [0.25, 0.3) is 10.2 Å². The number of nitrogens with one attached hydrogen (secondary N) is 2. The molecule has 0 spiro atoms. The smallest absolute Gasteiger partial charge is 0.331 e. The molecule has 3 aromatic rings. The van der Waals surface area contributed by atoms with Crippen molar-refractivity contribution in [3.05, 3.63) is 53.8 Å². The van der Waals surface area contributed by atoms with Crippen LogP contribution in [0.5, 0.6) is 0 Å². The fourth-order valence-electron chi connectivity index (χ4n) is 5.70. The lowest BCUT2D eigenvalue weighted by atomic mass is 10.0. The van der Waals surface area contributed by atoms with Crippen molar-refractivity contribution >= 4 is 56.5 Å². The van der Waals surface area contributed by atoms with Crippen LogP contribution in [0.3, 0.4) is 0 Å². The van der Waals surface area contributed by atoms with E-state index in [1.165, 1.54) is 30.3 Å². The molecule has 1 saturated carbocycles. The molecule has 0 unspecified atom stereocenters. The van der Waals surface area contributed by atoms with Crippen molar-refractivity contribution in [2.75, 3.05) is 23.3 Å². The Morgan fingerprint density at radius 1 is 1.14 bits per heavy atom. The molecule has 1 saturated heterocycles. The number of piperidine rings is 1. The zero-order valence-corrected chi connectivity index (χ0v) is 21.2. The second-order valence-electron chi connectivity index (χ2n) is 9.80. The minimum Gasteiger partial charge on any atom is -0.347 e. The van der Waals surface area contributed by atoms with Crippen LogP contribution in [-0.4, -0.2) is 51.8 Å². The summed E-state index contributed by atoms with van der Waals surface area (Å²) in [5, 5.41) is 6.78. The monoisotopic (exact) mass is 516 g/mol. The topological polar surface area (TPSA) is 108 Å². The summed E-state index contributed by atoms with van der Waals surface area (Å²) in [6.07, 6.45) is 11.0. The number of carbonyl (C=O) groups is 3. The van der Waals surface area contributed by atoms with Crippen molar-refractivity contribution in [1.29, 1.82) is 0 Å². The van der Waals surface area contributed by atoms with E-state index in [0.717, 1.165) is 42.5 Å². The van der Waals surface area contributed by atoms with Gasteiger partial charge in [0.1, 0.15) is 9.71 Å². The van der Waals surface area contributed by atoms with Gasteiger partial charge >= 0.3 is 6.03 Å². The van der Waals surface area contributed by atoms with Gasteiger partial charge in [-0.25, -0.2) is 9.78 Å². The van der Waals surface area contributed by atoms with Gasteiger partial charge in [-0.05, 0) is 50.0 Å². The van der Waals surface area contributed by atoms with E-state index < -0.39 is 0 Å². The highest BCUT2D eigenvalue weighted by molar-refractivity contribution is 7.21. The molecule has 1 atom stereocenters. The highest BCUT2D eigenvalue weighted by Crippen LogP contribution is 2.46. The summed E-state index contributed by atoms with van der Waals surface area (Å²) in [6, 6.07) is 5.17. The Kier molecular flexibility index (Phi) is 6.11. The number of urea groups is 1. The lowest BCUT2D eigenvalue weighted by molar-refractivity contribution is -0.127. The Bertz CT molecular complexity index is 1410. The quantitative estimate of drug-likeness (QED) is 0.467. The number of thiophene rings is 1. The number of hydrogen-bond donors (Lipinski definition) is 2. The van der Waals surface area contributed by atoms with Crippen LogP contribution in [0, 0.1) is 0 Å². The van der Waals surface area contributed by atoms with Crippen LogP contribution >= 0.6 is 11.3 Å². The number of nitrogens with zero attached hydrogens (tertiary/aromatic N) is 4. The number of anilines is 3. The molecule has 5 heterocycles. The summed E-state index contributed by atoms with van der Waals surface area (Å²) in [6.45, 7) is 4.65. The van der Waals surface area contributed by atoms with Crippen LogP contribution in [0.1, 0.15) is 59.8 Å². The van der Waals surface area contributed by atoms with Crippen molar-refractivity contribution in [2.45, 2.75) is 50.5 Å². The van der Waals surface area contributed by atoms with Crippen LogP contribution < -0.4 is 15.5 Å². The number of likely N-dealkylation sites (tertiary alicyclic amines) is 1. The van der Waals surface area contributed by atoms with E-state index in [0.29, 0.717) is 40.1 Å². The maximum Gasteiger partial charge on any atom is 0.331 e. The molecule has 0 aromatic carbocycles. The molecule has 37 heavy (non-hydrogen) atoms. The molecule has 190 valence electrons. The maximum absolute atomic E-state index is 13.4. The fourth-order valence-corrected chi connectivity index (χ4v) is 6.72. The molecule has 0 radical (unpaired) electrons. The average molecular weight is 517 g/mol. The van der Waals surface area contributed by atoms with E-state index in [-0.39, 0.29) is 23.9 Å². The SMILES string of the molecule is C=CC(=O)N1CCC[C@@H](NC(=O)c2sc3nccc4c3c2NC(=O)N4c2ccnc(C3CCCC3)c2)C1. The molecule has 0 bridgehead atoms. The highest BCUT2D eigenvalue weighted by Gasteiger charge is 2.34. The van der Waals surface area contributed by atoms with Gasteiger partial charge in [0.2, 0.25) is 5.91 Å². The Morgan fingerprint density at radius 3 is 2.76 bits per heavy atom. The largest absolute Gasteiger partial charge is 0.347 e. The first-order valence-electron chi connectivity index (χ1n) is 12.7. The molecule has 2 aliphatic heterocycles. The Hall–Kier alpha value is -3.79. The summed E-state index contributed by atoms with van der Waals surface area (Å²) in [5.74, 6) is 0.0158. The maximum atomic E-state index is 13.4. The summed E-state index contributed by atoms with van der Waals surface area (Å²) < 4.78 is 0. The predicted molar refractivity (Wildman–Crippen MR) is 143 cm³/mol. The molecule has 2 N–H and O–H groups in total. The van der Waals surface area contributed by atoms with Gasteiger partial charge in [-0.2, -0.15) is 0 Å². The van der Waals surface area contributed by atoms with Crippen molar-refractivity contribution in [3.8, 4) is 0 Å². The fraction of sp³-hybridized carbons (Fsp3) is 0.370. The Morgan fingerprint density at radius 2 is 1.95 bits per heavy atom. The van der Waals surface area contributed by atoms with Gasteiger partial charge < -0.3 is 15.5 Å². The third-order valence-corrected chi connectivity index (χ3v) is 8.59. The van der Waals surface area contributed by atoms with Crippen LogP contribution in [-0.2, 0) is 4.79 Å². The Labute approximate surface area is 218 Å². The van der Waals surface area contributed by atoms with Crippen LogP contribution in [0.2, 0.25) is 0 Å². The molecule has 3 aliphatic rings. The van der Waals surface area contributed by atoms with Gasteiger partial charge in [0.15, 0.2) is 0 Å². The molecule has 10 heteroatoms. The van der Waals surface area contributed by atoms with Crippen molar-refractivity contribution in [1.82, 2.24) is 20.2 Å². The molecule has 1 aliphatic carbocycles. The van der Waals surface area contributed by atoms with Crippen molar-refractivity contribution < 1.29 is 14.4 Å². The first-order valence-corrected chi connectivity index (χ1v) is 13.6. The molecule has 6 rings (SSSR count). The molecule has 9 nitrogen and oxygen atoms in total. The summed E-state index contributed by atoms with van der Waals surface area (Å²) >= 11 is 1.26. The molecule has 4 amide bonds. The second kappa shape index (κ2) is 9.59. The lowest BCUT2D eigenvalue weighted by Crippen LogP contribution is -2.49. The number of hydrogen-bond acceptors (Lipinski definition) is 6.